The van der Waals surface area contributed by atoms with Gasteiger partial charge < -0.3 is 20.6 Å². The zero-order chi connectivity index (χ0) is 22.4. The Morgan fingerprint density at radius 3 is 2.70 bits per heavy atom. The molecule has 1 aromatic heterocycles. The number of aliphatic hydroxyl groups is 2. The fourth-order valence-corrected chi connectivity index (χ4v) is 3.40. The molecule has 0 bridgehead atoms. The number of nitrogens with one attached hydrogen (secondary N) is 1. The van der Waals surface area contributed by atoms with Crippen molar-refractivity contribution in [3.8, 4) is 0 Å². The standard InChI is InChI=1S/C16H17BrClN3O3.C3H6O3/c17-11-6-13-10(5-12(11)18)16(24)21(8-20-13)7-9(22)4-14-15(23)2-1-3-19-14;1-2(4)3(5)6/h5-6,8,14-15,19,23H,1-4,7H2;2,4H,1H3,(H,5,6)/t14-,15+;/m1./s1. The van der Waals surface area contributed by atoms with Gasteiger partial charge >= 0.3 is 5.97 Å². The monoisotopic (exact) mass is 503 g/mol. The van der Waals surface area contributed by atoms with E-state index in [0.29, 0.717) is 26.8 Å². The molecule has 2 heterocycles. The molecular formula is C19H23BrClN3O6. The summed E-state index contributed by atoms with van der Waals surface area (Å²) in [6, 6.07) is 2.97. The number of nitrogens with zero attached hydrogens (tertiary/aromatic N) is 2. The van der Waals surface area contributed by atoms with E-state index in [9.17, 15) is 19.5 Å². The van der Waals surface area contributed by atoms with Crippen molar-refractivity contribution in [2.75, 3.05) is 6.54 Å². The van der Waals surface area contributed by atoms with Crippen LogP contribution in [0.2, 0.25) is 5.02 Å². The smallest absolute Gasteiger partial charge is 0.332 e. The van der Waals surface area contributed by atoms with Gasteiger partial charge in [-0.3, -0.25) is 14.2 Å². The molecule has 1 aromatic carbocycles. The van der Waals surface area contributed by atoms with Crippen LogP contribution in [-0.2, 0) is 16.1 Å². The third-order valence-electron chi connectivity index (χ3n) is 4.57. The lowest BCUT2D eigenvalue weighted by Crippen LogP contribution is -2.46. The molecule has 1 saturated heterocycles. The minimum Gasteiger partial charge on any atom is -0.479 e. The first kappa shape index (κ1) is 24.4. The molecule has 1 aliphatic heterocycles. The van der Waals surface area contributed by atoms with Crippen LogP contribution in [0, 0.1) is 0 Å². The van der Waals surface area contributed by atoms with Gasteiger partial charge in [0.1, 0.15) is 6.10 Å². The van der Waals surface area contributed by atoms with Crippen molar-refractivity contribution in [3.63, 3.8) is 0 Å². The van der Waals surface area contributed by atoms with Crippen LogP contribution < -0.4 is 10.9 Å². The van der Waals surface area contributed by atoms with Gasteiger partial charge in [0.2, 0.25) is 0 Å². The van der Waals surface area contributed by atoms with E-state index in [1.807, 2.05) is 0 Å². The average Bonchev–Trinajstić information content (AvgIpc) is 2.68. The van der Waals surface area contributed by atoms with E-state index in [1.54, 1.807) is 12.1 Å². The van der Waals surface area contributed by atoms with Crippen LogP contribution in [0.5, 0.6) is 0 Å². The van der Waals surface area contributed by atoms with Crippen molar-refractivity contribution < 1.29 is 24.9 Å². The molecule has 0 spiro atoms. The Balaban J connectivity index is 0.000000469. The van der Waals surface area contributed by atoms with E-state index in [1.165, 1.54) is 17.8 Å². The average molecular weight is 505 g/mol. The predicted octanol–water partition coefficient (Wildman–Crippen LogP) is 1.34. The van der Waals surface area contributed by atoms with E-state index in [-0.39, 0.29) is 30.3 Å². The molecule has 3 atom stereocenters. The first-order valence-electron chi connectivity index (χ1n) is 9.28. The van der Waals surface area contributed by atoms with Gasteiger partial charge in [-0.15, -0.1) is 0 Å². The molecule has 0 saturated carbocycles. The predicted molar refractivity (Wildman–Crippen MR) is 115 cm³/mol. The summed E-state index contributed by atoms with van der Waals surface area (Å²) in [5, 5.41) is 29.6. The number of halogens is 2. The van der Waals surface area contributed by atoms with Crippen LogP contribution in [-0.4, -0.2) is 61.4 Å². The van der Waals surface area contributed by atoms with E-state index in [4.69, 9.17) is 21.8 Å². The molecule has 0 amide bonds. The highest BCUT2D eigenvalue weighted by molar-refractivity contribution is 9.10. The fourth-order valence-electron chi connectivity index (χ4n) is 2.91. The summed E-state index contributed by atoms with van der Waals surface area (Å²) in [5.74, 6) is -1.31. The molecule has 3 rings (SSSR count). The van der Waals surface area contributed by atoms with Gasteiger partial charge in [-0.25, -0.2) is 9.78 Å². The number of benzene rings is 1. The lowest BCUT2D eigenvalue weighted by molar-refractivity contribution is -0.145. The highest BCUT2D eigenvalue weighted by atomic mass is 79.9. The van der Waals surface area contributed by atoms with E-state index < -0.39 is 18.2 Å². The number of hydrogen-bond acceptors (Lipinski definition) is 7. The quantitative estimate of drug-likeness (QED) is 0.478. The zero-order valence-electron chi connectivity index (χ0n) is 16.2. The Morgan fingerprint density at radius 2 is 2.10 bits per heavy atom. The maximum atomic E-state index is 12.5. The number of piperidine rings is 1. The molecule has 2 aromatic rings. The number of carboxylic acid groups (broad SMARTS) is 1. The normalized spacial score (nSPS) is 19.6. The van der Waals surface area contributed by atoms with Gasteiger partial charge in [0.25, 0.3) is 5.56 Å². The highest BCUT2D eigenvalue weighted by Gasteiger charge is 2.25. The first-order chi connectivity index (χ1) is 14.1. The number of ketones is 1. The Labute approximate surface area is 185 Å². The second-order valence-corrected chi connectivity index (χ2v) is 8.25. The van der Waals surface area contributed by atoms with E-state index in [2.05, 4.69) is 26.2 Å². The molecule has 164 valence electrons. The van der Waals surface area contributed by atoms with Crippen molar-refractivity contribution in [1.82, 2.24) is 14.9 Å². The van der Waals surface area contributed by atoms with Crippen LogP contribution in [0.25, 0.3) is 10.9 Å². The number of aliphatic carboxylic acids is 1. The SMILES string of the molecule is CC(O)C(=O)O.O=C(C[C@H]1NCCC[C@@H]1O)Cn1cnc2cc(Br)c(Cl)cc2c1=O. The Kier molecular flexibility index (Phi) is 8.92. The summed E-state index contributed by atoms with van der Waals surface area (Å²) in [6.45, 7) is 1.92. The van der Waals surface area contributed by atoms with Crippen LogP contribution >= 0.6 is 27.5 Å². The number of fused-ring (bicyclic) bond motifs is 1. The number of aliphatic hydroxyl groups excluding tert-OH is 2. The third-order valence-corrected chi connectivity index (χ3v) is 5.76. The third kappa shape index (κ3) is 6.58. The van der Waals surface area contributed by atoms with Crippen molar-refractivity contribution in [2.24, 2.45) is 0 Å². The van der Waals surface area contributed by atoms with Gasteiger partial charge in [0, 0.05) is 16.9 Å². The maximum absolute atomic E-state index is 12.5. The van der Waals surface area contributed by atoms with Crippen molar-refractivity contribution in [1.29, 1.82) is 0 Å². The van der Waals surface area contributed by atoms with Crippen molar-refractivity contribution in [3.05, 3.63) is 38.3 Å². The van der Waals surface area contributed by atoms with Crippen molar-refractivity contribution >= 4 is 50.2 Å². The highest BCUT2D eigenvalue weighted by Crippen LogP contribution is 2.25. The molecule has 1 aliphatic rings. The van der Waals surface area contributed by atoms with Gasteiger partial charge in [0.15, 0.2) is 5.78 Å². The van der Waals surface area contributed by atoms with Crippen LogP contribution in [0.3, 0.4) is 0 Å². The zero-order valence-corrected chi connectivity index (χ0v) is 18.6. The topological polar surface area (TPSA) is 142 Å². The number of carboxylic acids is 1. The first-order valence-corrected chi connectivity index (χ1v) is 10.5. The van der Waals surface area contributed by atoms with Gasteiger partial charge in [-0.1, -0.05) is 11.6 Å². The second kappa shape index (κ2) is 11.0. The number of Topliss-reactive ketones (excluding diaryl/α,β-unsaturated/α-hetero) is 1. The molecule has 11 heteroatoms. The summed E-state index contributed by atoms with van der Waals surface area (Å²) in [4.78, 5) is 38.4. The molecule has 0 radical (unpaired) electrons. The minimum absolute atomic E-state index is 0.0691. The summed E-state index contributed by atoms with van der Waals surface area (Å²) in [5.41, 5.74) is 0.212. The molecular weight excluding hydrogens is 482 g/mol. The van der Waals surface area contributed by atoms with Crippen LogP contribution in [0.1, 0.15) is 26.2 Å². The largest absolute Gasteiger partial charge is 0.479 e. The number of aromatic nitrogens is 2. The minimum atomic E-state index is -1.23. The molecule has 1 unspecified atom stereocenters. The number of carbonyl (C=O) groups excluding carboxylic acids is 1. The molecule has 0 aliphatic carbocycles. The summed E-state index contributed by atoms with van der Waals surface area (Å²) < 4.78 is 1.94. The summed E-state index contributed by atoms with van der Waals surface area (Å²) in [7, 11) is 0. The molecule has 30 heavy (non-hydrogen) atoms. The Morgan fingerprint density at radius 1 is 1.43 bits per heavy atom. The Bertz CT molecular complexity index is 981. The lowest BCUT2D eigenvalue weighted by Gasteiger charge is -2.28. The van der Waals surface area contributed by atoms with Gasteiger partial charge in [-0.2, -0.15) is 0 Å². The number of carbonyl (C=O) groups is 2. The molecule has 9 nitrogen and oxygen atoms in total. The van der Waals surface area contributed by atoms with Crippen LogP contribution in [0.4, 0.5) is 0 Å². The van der Waals surface area contributed by atoms with Gasteiger partial charge in [0.05, 0.1) is 34.9 Å². The molecule has 4 N–H and O–H groups in total. The summed E-state index contributed by atoms with van der Waals surface area (Å²) >= 11 is 9.33. The van der Waals surface area contributed by atoms with Crippen LogP contribution in [0.15, 0.2) is 27.7 Å². The number of rotatable bonds is 5. The Hall–Kier alpha value is -1.85. The van der Waals surface area contributed by atoms with Gasteiger partial charge in [-0.05, 0) is 54.4 Å². The summed E-state index contributed by atoms with van der Waals surface area (Å²) in [6.07, 6.45) is 1.39. The second-order valence-electron chi connectivity index (χ2n) is 6.99. The lowest BCUT2D eigenvalue weighted by atomic mass is 9.97. The fraction of sp³-hybridized carbons (Fsp3) is 0.474. The van der Waals surface area contributed by atoms with Crippen molar-refractivity contribution in [2.45, 2.75) is 51.0 Å². The number of hydrogen-bond donors (Lipinski definition) is 4. The maximum Gasteiger partial charge on any atom is 0.332 e. The molecule has 1 fully saturated rings. The van der Waals surface area contributed by atoms with E-state index >= 15 is 0 Å². The van der Waals surface area contributed by atoms with E-state index in [0.717, 1.165) is 13.0 Å².